The predicted octanol–water partition coefficient (Wildman–Crippen LogP) is 0.681. The highest BCUT2D eigenvalue weighted by Crippen LogP contribution is 2.17. The molecule has 0 amide bonds. The van der Waals surface area contributed by atoms with Gasteiger partial charge in [0, 0.05) is 24.7 Å². The molecule has 2 rings (SSSR count). The molecule has 5 heteroatoms. The Balaban J connectivity index is 2.47. The van der Waals surface area contributed by atoms with Crippen LogP contribution >= 0.6 is 0 Å². The molecule has 2 heterocycles. The molecule has 0 aliphatic carbocycles. The summed E-state index contributed by atoms with van der Waals surface area (Å²) in [7, 11) is 0. The van der Waals surface area contributed by atoms with E-state index in [1.807, 2.05) is 0 Å². The van der Waals surface area contributed by atoms with Gasteiger partial charge in [-0.05, 0) is 18.9 Å². The summed E-state index contributed by atoms with van der Waals surface area (Å²) in [4.78, 5) is 22.3. The maximum Gasteiger partial charge on any atom is 0.307 e. The van der Waals surface area contributed by atoms with Crippen molar-refractivity contribution in [3.8, 4) is 0 Å². The molecule has 2 N–H and O–H groups in total. The Morgan fingerprint density at radius 3 is 3.00 bits per heavy atom. The molecule has 1 aromatic rings. The highest BCUT2D eigenvalue weighted by atomic mass is 16.4. The largest absolute Gasteiger partial charge is 0.481 e. The predicted molar refractivity (Wildman–Crippen MR) is 59.8 cm³/mol. The third-order valence-corrected chi connectivity index (χ3v) is 2.71. The first-order valence-electron chi connectivity index (χ1n) is 5.37. The molecule has 0 radical (unpaired) electrons. The van der Waals surface area contributed by atoms with Crippen molar-refractivity contribution in [1.29, 1.82) is 0 Å². The van der Waals surface area contributed by atoms with Crippen LogP contribution in [0.5, 0.6) is 0 Å². The quantitative estimate of drug-likeness (QED) is 0.772. The number of pyridine rings is 1. The summed E-state index contributed by atoms with van der Waals surface area (Å²) < 4.78 is 1.63. The maximum absolute atomic E-state index is 11.6. The highest BCUT2D eigenvalue weighted by Gasteiger charge is 2.14. The van der Waals surface area contributed by atoms with Crippen LogP contribution in [0.15, 0.2) is 16.9 Å². The van der Waals surface area contributed by atoms with Gasteiger partial charge in [0.05, 0.1) is 6.42 Å². The number of anilines is 1. The minimum Gasteiger partial charge on any atom is -0.481 e. The van der Waals surface area contributed by atoms with Gasteiger partial charge in [0.1, 0.15) is 5.82 Å². The summed E-state index contributed by atoms with van der Waals surface area (Å²) in [5.74, 6) is -0.208. The Morgan fingerprint density at radius 1 is 1.44 bits per heavy atom. The molecule has 0 aromatic carbocycles. The first-order valence-corrected chi connectivity index (χ1v) is 5.37. The molecule has 0 spiro atoms. The Labute approximate surface area is 92.7 Å². The lowest BCUT2D eigenvalue weighted by atomic mass is 10.2. The van der Waals surface area contributed by atoms with Gasteiger partial charge in [0.25, 0.3) is 5.56 Å². The topological polar surface area (TPSA) is 71.3 Å². The number of rotatable bonds is 2. The van der Waals surface area contributed by atoms with Gasteiger partial charge in [-0.3, -0.25) is 14.2 Å². The van der Waals surface area contributed by atoms with E-state index in [0.717, 1.165) is 19.4 Å². The van der Waals surface area contributed by atoms with Crippen LogP contribution in [0.1, 0.15) is 18.4 Å². The number of hydrogen-bond acceptors (Lipinski definition) is 3. The van der Waals surface area contributed by atoms with Crippen molar-refractivity contribution >= 4 is 11.8 Å². The average Bonchev–Trinajstić information content (AvgIpc) is 2.47. The van der Waals surface area contributed by atoms with E-state index in [-0.39, 0.29) is 12.0 Å². The normalized spacial score (nSPS) is 14.8. The summed E-state index contributed by atoms with van der Waals surface area (Å²) in [6.45, 7) is 1.45. The van der Waals surface area contributed by atoms with Crippen molar-refractivity contribution in [3.63, 3.8) is 0 Å². The van der Waals surface area contributed by atoms with Crippen LogP contribution in [0.2, 0.25) is 0 Å². The van der Waals surface area contributed by atoms with E-state index in [2.05, 4.69) is 5.32 Å². The molecule has 0 saturated carbocycles. The van der Waals surface area contributed by atoms with Crippen molar-refractivity contribution in [2.24, 2.45) is 0 Å². The van der Waals surface area contributed by atoms with Crippen molar-refractivity contribution in [2.75, 3.05) is 11.9 Å². The lowest BCUT2D eigenvalue weighted by molar-refractivity contribution is -0.136. The fourth-order valence-corrected chi connectivity index (χ4v) is 1.96. The summed E-state index contributed by atoms with van der Waals surface area (Å²) >= 11 is 0. The van der Waals surface area contributed by atoms with E-state index in [4.69, 9.17) is 5.11 Å². The van der Waals surface area contributed by atoms with Crippen molar-refractivity contribution < 1.29 is 9.90 Å². The van der Waals surface area contributed by atoms with Crippen LogP contribution in [-0.2, 0) is 17.8 Å². The number of aliphatic carboxylic acids is 1. The Hall–Kier alpha value is -1.78. The fraction of sp³-hybridized carbons (Fsp3) is 0.455. The third kappa shape index (κ3) is 2.08. The van der Waals surface area contributed by atoms with Crippen LogP contribution in [-0.4, -0.2) is 22.2 Å². The number of carboxylic acids is 1. The van der Waals surface area contributed by atoms with Crippen molar-refractivity contribution in [3.05, 3.63) is 28.0 Å². The molecule has 1 aromatic heterocycles. The number of nitrogens with one attached hydrogen (secondary N) is 1. The van der Waals surface area contributed by atoms with Gasteiger partial charge in [-0.1, -0.05) is 0 Å². The molecule has 0 fully saturated rings. The number of carbonyl (C=O) groups is 1. The summed E-state index contributed by atoms with van der Waals surface area (Å²) in [6.07, 6.45) is 1.88. The molecule has 1 aliphatic rings. The van der Waals surface area contributed by atoms with Gasteiger partial charge >= 0.3 is 5.97 Å². The standard InChI is InChI=1S/C11H14N2O3/c14-9-4-3-8(7-10(15)16)11-12-5-1-2-6-13(9)11/h3-4,12H,1-2,5-7H2,(H,15,16). The molecule has 86 valence electrons. The average molecular weight is 222 g/mol. The molecule has 5 nitrogen and oxygen atoms in total. The Bertz CT molecular complexity index is 465. The van der Waals surface area contributed by atoms with Crippen molar-refractivity contribution in [2.45, 2.75) is 25.8 Å². The number of fused-ring (bicyclic) bond motifs is 1. The second kappa shape index (κ2) is 4.38. The van der Waals surface area contributed by atoms with E-state index in [1.165, 1.54) is 6.07 Å². The SMILES string of the molecule is O=C(O)Cc1ccc(=O)n2c1NCCCC2. The van der Waals surface area contributed by atoms with E-state index < -0.39 is 5.97 Å². The Kier molecular flexibility index (Phi) is 2.94. The summed E-state index contributed by atoms with van der Waals surface area (Å²) in [6, 6.07) is 3.04. The zero-order valence-electron chi connectivity index (χ0n) is 8.90. The third-order valence-electron chi connectivity index (χ3n) is 2.71. The lowest BCUT2D eigenvalue weighted by Gasteiger charge is -2.13. The van der Waals surface area contributed by atoms with Crippen LogP contribution in [0, 0.1) is 0 Å². The van der Waals surface area contributed by atoms with E-state index in [9.17, 15) is 9.59 Å². The molecule has 0 saturated heterocycles. The number of aromatic nitrogens is 1. The highest BCUT2D eigenvalue weighted by molar-refractivity contribution is 5.72. The first kappa shape index (κ1) is 10.7. The molecular formula is C11H14N2O3. The number of carboxylic acid groups (broad SMARTS) is 1. The molecule has 1 aliphatic heterocycles. The van der Waals surface area contributed by atoms with Crippen LogP contribution < -0.4 is 10.9 Å². The van der Waals surface area contributed by atoms with Gasteiger partial charge in [-0.25, -0.2) is 0 Å². The van der Waals surface area contributed by atoms with Gasteiger partial charge in [-0.2, -0.15) is 0 Å². The maximum atomic E-state index is 11.6. The van der Waals surface area contributed by atoms with Gasteiger partial charge < -0.3 is 10.4 Å². The van der Waals surface area contributed by atoms with E-state index in [1.54, 1.807) is 10.6 Å². The second-order valence-corrected chi connectivity index (χ2v) is 3.90. The minimum absolute atomic E-state index is 0.0530. The van der Waals surface area contributed by atoms with Crippen LogP contribution in [0.25, 0.3) is 0 Å². The van der Waals surface area contributed by atoms with Crippen molar-refractivity contribution in [1.82, 2.24) is 4.57 Å². The zero-order chi connectivity index (χ0) is 11.5. The van der Waals surface area contributed by atoms with E-state index >= 15 is 0 Å². The first-order chi connectivity index (χ1) is 7.68. The summed E-state index contributed by atoms with van der Waals surface area (Å²) in [5.41, 5.74) is 0.604. The molecule has 16 heavy (non-hydrogen) atoms. The summed E-state index contributed by atoms with van der Waals surface area (Å²) in [5, 5.41) is 11.9. The van der Waals surface area contributed by atoms with Crippen LogP contribution in [0.3, 0.4) is 0 Å². The monoisotopic (exact) mass is 222 g/mol. The Morgan fingerprint density at radius 2 is 2.25 bits per heavy atom. The van der Waals surface area contributed by atoms with Gasteiger partial charge in [-0.15, -0.1) is 0 Å². The smallest absolute Gasteiger partial charge is 0.307 e. The number of nitrogens with zero attached hydrogens (tertiary/aromatic N) is 1. The number of hydrogen-bond donors (Lipinski definition) is 2. The van der Waals surface area contributed by atoms with Crippen LogP contribution in [0.4, 0.5) is 5.82 Å². The lowest BCUT2D eigenvalue weighted by Crippen LogP contribution is -2.23. The molecule has 0 atom stereocenters. The second-order valence-electron chi connectivity index (χ2n) is 3.90. The molecule has 0 unspecified atom stereocenters. The minimum atomic E-state index is -0.882. The van der Waals surface area contributed by atoms with Gasteiger partial charge in [0.2, 0.25) is 0 Å². The fourth-order valence-electron chi connectivity index (χ4n) is 1.96. The van der Waals surface area contributed by atoms with E-state index in [0.29, 0.717) is 17.9 Å². The van der Waals surface area contributed by atoms with Gasteiger partial charge in [0.15, 0.2) is 0 Å². The molecular weight excluding hydrogens is 208 g/mol. The zero-order valence-corrected chi connectivity index (χ0v) is 8.90. The molecule has 0 bridgehead atoms.